The van der Waals surface area contributed by atoms with Crippen LogP contribution in [0.5, 0.6) is 0 Å². The summed E-state index contributed by atoms with van der Waals surface area (Å²) in [5.74, 6) is 0.0963. The Hall–Kier alpha value is -1.40. The van der Waals surface area contributed by atoms with E-state index in [2.05, 4.69) is 0 Å². The SMILES string of the molecule is CN(C)S(=O)(=O)c1ccc2c(c1)CN(C(=O)C(C)(C)C)CC2. The van der Waals surface area contributed by atoms with Crippen LogP contribution < -0.4 is 0 Å². The van der Waals surface area contributed by atoms with Crippen molar-refractivity contribution in [1.82, 2.24) is 9.21 Å². The molecule has 0 N–H and O–H groups in total. The molecule has 1 heterocycles. The lowest BCUT2D eigenvalue weighted by Crippen LogP contribution is -2.42. The van der Waals surface area contributed by atoms with Gasteiger partial charge in [-0.2, -0.15) is 0 Å². The van der Waals surface area contributed by atoms with Crippen molar-refractivity contribution < 1.29 is 13.2 Å². The van der Waals surface area contributed by atoms with Crippen LogP contribution in [0.3, 0.4) is 0 Å². The molecule has 0 atom stereocenters. The van der Waals surface area contributed by atoms with Crippen LogP contribution in [0.25, 0.3) is 0 Å². The molecule has 0 radical (unpaired) electrons. The first-order valence-electron chi connectivity index (χ1n) is 7.37. The Morgan fingerprint density at radius 1 is 1.18 bits per heavy atom. The maximum absolute atomic E-state index is 12.4. The second kappa shape index (κ2) is 5.66. The van der Waals surface area contributed by atoms with Crippen LogP contribution in [0.15, 0.2) is 23.1 Å². The van der Waals surface area contributed by atoms with Crippen LogP contribution in [0.1, 0.15) is 31.9 Å². The van der Waals surface area contributed by atoms with E-state index in [1.807, 2.05) is 31.7 Å². The molecule has 6 heteroatoms. The lowest BCUT2D eigenvalue weighted by Gasteiger charge is -2.33. The predicted molar refractivity (Wildman–Crippen MR) is 85.9 cm³/mol. The van der Waals surface area contributed by atoms with Crippen molar-refractivity contribution in [2.75, 3.05) is 20.6 Å². The minimum absolute atomic E-state index is 0.0963. The molecule has 1 aromatic rings. The molecule has 0 saturated carbocycles. The molecule has 0 fully saturated rings. The van der Waals surface area contributed by atoms with Gasteiger partial charge in [-0.15, -0.1) is 0 Å². The van der Waals surface area contributed by atoms with Crippen LogP contribution in [-0.2, 0) is 27.8 Å². The van der Waals surface area contributed by atoms with Gasteiger partial charge >= 0.3 is 0 Å². The highest BCUT2D eigenvalue weighted by atomic mass is 32.2. The molecule has 0 unspecified atom stereocenters. The van der Waals surface area contributed by atoms with E-state index in [0.717, 1.165) is 17.5 Å². The zero-order chi connectivity index (χ0) is 16.7. The number of hydrogen-bond acceptors (Lipinski definition) is 3. The lowest BCUT2D eigenvalue weighted by molar-refractivity contribution is -0.140. The van der Waals surface area contributed by atoms with E-state index in [-0.39, 0.29) is 10.8 Å². The summed E-state index contributed by atoms with van der Waals surface area (Å²) < 4.78 is 25.7. The number of fused-ring (bicyclic) bond motifs is 1. The summed E-state index contributed by atoms with van der Waals surface area (Å²) in [6, 6.07) is 5.22. The number of carbonyl (C=O) groups is 1. The van der Waals surface area contributed by atoms with Crippen LogP contribution in [0, 0.1) is 5.41 Å². The van der Waals surface area contributed by atoms with E-state index in [0.29, 0.717) is 13.1 Å². The first-order chi connectivity index (χ1) is 10.0. The van der Waals surface area contributed by atoms with E-state index in [1.165, 1.54) is 18.4 Å². The maximum Gasteiger partial charge on any atom is 0.242 e. The molecule has 22 heavy (non-hydrogen) atoms. The van der Waals surface area contributed by atoms with E-state index in [4.69, 9.17) is 0 Å². The Balaban J connectivity index is 2.34. The topological polar surface area (TPSA) is 57.7 Å². The quantitative estimate of drug-likeness (QED) is 0.834. The average molecular weight is 324 g/mol. The molecule has 1 amide bonds. The summed E-state index contributed by atoms with van der Waals surface area (Å²) in [7, 11) is -0.410. The highest BCUT2D eigenvalue weighted by molar-refractivity contribution is 7.89. The largest absolute Gasteiger partial charge is 0.338 e. The third kappa shape index (κ3) is 3.17. The number of carbonyl (C=O) groups excluding carboxylic acids is 1. The van der Waals surface area contributed by atoms with Gasteiger partial charge in [-0.05, 0) is 29.7 Å². The molecular weight excluding hydrogens is 300 g/mol. The third-order valence-electron chi connectivity index (χ3n) is 3.90. The molecule has 0 aromatic heterocycles. The number of benzene rings is 1. The number of nitrogens with zero attached hydrogens (tertiary/aromatic N) is 2. The Labute approximate surface area is 133 Å². The van der Waals surface area contributed by atoms with Crippen molar-refractivity contribution in [2.24, 2.45) is 5.41 Å². The van der Waals surface area contributed by atoms with Crippen LogP contribution >= 0.6 is 0 Å². The highest BCUT2D eigenvalue weighted by Crippen LogP contribution is 2.27. The summed E-state index contributed by atoms with van der Waals surface area (Å²) in [6.45, 7) is 6.86. The van der Waals surface area contributed by atoms with Gasteiger partial charge in [0.25, 0.3) is 0 Å². The lowest BCUT2D eigenvalue weighted by atomic mass is 9.92. The Bertz CT molecular complexity index is 688. The van der Waals surface area contributed by atoms with Crippen molar-refractivity contribution in [2.45, 2.75) is 38.6 Å². The molecule has 1 aliphatic rings. The minimum atomic E-state index is -3.45. The van der Waals surface area contributed by atoms with Crippen LogP contribution in [0.4, 0.5) is 0 Å². The van der Waals surface area contributed by atoms with Gasteiger partial charge in [0.1, 0.15) is 0 Å². The van der Waals surface area contributed by atoms with Crippen molar-refractivity contribution in [3.05, 3.63) is 29.3 Å². The van der Waals surface area contributed by atoms with E-state index in [1.54, 1.807) is 12.1 Å². The van der Waals surface area contributed by atoms with Gasteiger partial charge < -0.3 is 4.90 Å². The smallest absolute Gasteiger partial charge is 0.242 e. The summed E-state index contributed by atoms with van der Waals surface area (Å²) in [6.07, 6.45) is 0.763. The molecule has 0 bridgehead atoms. The first kappa shape index (κ1) is 17.0. The van der Waals surface area contributed by atoms with Crippen molar-refractivity contribution in [3.8, 4) is 0 Å². The molecule has 1 aromatic carbocycles. The normalized spacial score (nSPS) is 15.8. The zero-order valence-electron chi connectivity index (χ0n) is 13.9. The summed E-state index contributed by atoms with van der Waals surface area (Å²) in [5.41, 5.74) is 1.62. The monoisotopic (exact) mass is 324 g/mol. The fourth-order valence-electron chi connectivity index (χ4n) is 2.55. The number of amides is 1. The summed E-state index contributed by atoms with van der Waals surface area (Å²) in [4.78, 5) is 14.5. The van der Waals surface area contributed by atoms with E-state index < -0.39 is 15.4 Å². The van der Waals surface area contributed by atoms with E-state index >= 15 is 0 Å². The minimum Gasteiger partial charge on any atom is -0.338 e. The average Bonchev–Trinajstić information content (AvgIpc) is 2.44. The first-order valence-corrected chi connectivity index (χ1v) is 8.81. The molecule has 0 spiro atoms. The van der Waals surface area contributed by atoms with E-state index in [9.17, 15) is 13.2 Å². The molecule has 0 saturated heterocycles. The van der Waals surface area contributed by atoms with Gasteiger partial charge in [0.2, 0.25) is 15.9 Å². The molecule has 2 rings (SSSR count). The van der Waals surface area contributed by atoms with Gasteiger partial charge in [0, 0.05) is 32.6 Å². The fraction of sp³-hybridized carbons (Fsp3) is 0.562. The van der Waals surface area contributed by atoms with Crippen molar-refractivity contribution in [3.63, 3.8) is 0 Å². The number of sulfonamides is 1. The Kier molecular flexibility index (Phi) is 4.37. The van der Waals surface area contributed by atoms with Crippen molar-refractivity contribution >= 4 is 15.9 Å². The summed E-state index contributed by atoms with van der Waals surface area (Å²) >= 11 is 0. The van der Waals surface area contributed by atoms with Gasteiger partial charge in [0.05, 0.1) is 4.90 Å². The molecule has 122 valence electrons. The number of rotatable bonds is 2. The Morgan fingerprint density at radius 2 is 1.82 bits per heavy atom. The molecule has 1 aliphatic heterocycles. The number of hydrogen-bond donors (Lipinski definition) is 0. The van der Waals surface area contributed by atoms with Gasteiger partial charge in [0.15, 0.2) is 0 Å². The van der Waals surface area contributed by atoms with Crippen LogP contribution in [-0.4, -0.2) is 44.2 Å². The Morgan fingerprint density at radius 3 is 2.36 bits per heavy atom. The standard InChI is InChI=1S/C16H24N2O3S/c1-16(2,3)15(19)18-9-8-12-6-7-14(10-13(12)11-18)22(20,21)17(4)5/h6-7,10H,8-9,11H2,1-5H3. The molecule has 0 aliphatic carbocycles. The fourth-order valence-corrected chi connectivity index (χ4v) is 3.51. The third-order valence-corrected chi connectivity index (χ3v) is 5.71. The van der Waals surface area contributed by atoms with Gasteiger partial charge in [-0.1, -0.05) is 26.8 Å². The van der Waals surface area contributed by atoms with Gasteiger partial charge in [-0.25, -0.2) is 12.7 Å². The second-order valence-corrected chi connectivity index (χ2v) is 9.10. The summed E-state index contributed by atoms with van der Waals surface area (Å²) in [5, 5.41) is 0. The molecule has 5 nitrogen and oxygen atoms in total. The highest BCUT2D eigenvalue weighted by Gasteiger charge is 2.30. The zero-order valence-corrected chi connectivity index (χ0v) is 14.7. The second-order valence-electron chi connectivity index (χ2n) is 6.94. The van der Waals surface area contributed by atoms with Crippen LogP contribution in [0.2, 0.25) is 0 Å². The van der Waals surface area contributed by atoms with Crippen molar-refractivity contribution in [1.29, 1.82) is 0 Å². The molecular formula is C16H24N2O3S. The maximum atomic E-state index is 12.4. The predicted octanol–water partition coefficient (Wildman–Crippen LogP) is 1.87. The van der Waals surface area contributed by atoms with Gasteiger partial charge in [-0.3, -0.25) is 4.79 Å².